The van der Waals surface area contributed by atoms with E-state index in [1.807, 2.05) is 53.2 Å². The molecule has 0 aliphatic heterocycles. The van der Waals surface area contributed by atoms with E-state index in [1.165, 1.54) is 0 Å². The second-order valence-corrected chi connectivity index (χ2v) is 4.52. The number of aryl methyl sites for hydroxylation is 1. The average molecular weight is 269 g/mol. The lowest BCUT2D eigenvalue weighted by molar-refractivity contribution is -0.121. The van der Waals surface area contributed by atoms with E-state index in [0.29, 0.717) is 13.0 Å². The summed E-state index contributed by atoms with van der Waals surface area (Å²) in [7, 11) is 0. The molecule has 2 rings (SSSR count). The molecule has 1 aromatic heterocycles. The van der Waals surface area contributed by atoms with Gasteiger partial charge in [0.05, 0.1) is 6.33 Å². The van der Waals surface area contributed by atoms with Crippen LogP contribution in [0.3, 0.4) is 0 Å². The lowest BCUT2D eigenvalue weighted by Gasteiger charge is -2.03. The van der Waals surface area contributed by atoms with Crippen LogP contribution >= 0.6 is 0 Å². The lowest BCUT2D eigenvalue weighted by Crippen LogP contribution is -2.23. The number of benzene rings is 1. The molecule has 0 radical (unpaired) electrons. The van der Waals surface area contributed by atoms with Gasteiger partial charge in [-0.15, -0.1) is 0 Å². The van der Waals surface area contributed by atoms with Gasteiger partial charge in [0.1, 0.15) is 0 Å². The van der Waals surface area contributed by atoms with Gasteiger partial charge in [0, 0.05) is 31.9 Å². The van der Waals surface area contributed by atoms with Gasteiger partial charge >= 0.3 is 0 Å². The van der Waals surface area contributed by atoms with Crippen molar-refractivity contribution >= 4 is 12.0 Å². The third kappa shape index (κ3) is 5.10. The predicted molar refractivity (Wildman–Crippen MR) is 79.9 cm³/mol. The van der Waals surface area contributed by atoms with E-state index in [0.717, 1.165) is 18.5 Å². The van der Waals surface area contributed by atoms with Crippen LogP contribution in [-0.4, -0.2) is 22.0 Å². The van der Waals surface area contributed by atoms with E-state index in [1.54, 1.807) is 12.5 Å². The second-order valence-electron chi connectivity index (χ2n) is 4.52. The number of hydrogen-bond donors (Lipinski definition) is 1. The number of carbonyl (C=O) groups excluding carboxylic acids is 1. The molecular weight excluding hydrogens is 250 g/mol. The molecule has 0 fully saturated rings. The number of nitrogens with zero attached hydrogens (tertiary/aromatic N) is 2. The molecule has 0 spiro atoms. The van der Waals surface area contributed by atoms with E-state index in [4.69, 9.17) is 0 Å². The highest BCUT2D eigenvalue weighted by molar-refractivity contribution is 5.76. The van der Waals surface area contributed by atoms with E-state index in [9.17, 15) is 4.79 Å². The first kappa shape index (κ1) is 14.1. The number of rotatable bonds is 7. The molecule has 0 bridgehead atoms. The smallest absolute Gasteiger partial charge is 0.220 e. The Balaban J connectivity index is 1.59. The first-order valence-electron chi connectivity index (χ1n) is 6.78. The van der Waals surface area contributed by atoms with Crippen molar-refractivity contribution in [3.63, 3.8) is 0 Å². The SMILES string of the molecule is O=C(CCCn1ccnc1)NC/C=C/c1ccccc1. The fraction of sp³-hybridized carbons (Fsp3) is 0.250. The lowest BCUT2D eigenvalue weighted by atomic mass is 10.2. The van der Waals surface area contributed by atoms with E-state index in [2.05, 4.69) is 10.3 Å². The standard InChI is InChI=1S/C16H19N3O/c20-16(9-5-12-19-13-11-17-14-19)18-10-4-8-15-6-2-1-3-7-15/h1-4,6-8,11,13-14H,5,9-10,12H2,(H,18,20)/b8-4+. The normalized spacial score (nSPS) is 10.8. The van der Waals surface area contributed by atoms with Crippen molar-refractivity contribution in [2.75, 3.05) is 6.54 Å². The van der Waals surface area contributed by atoms with Crippen molar-refractivity contribution in [2.45, 2.75) is 19.4 Å². The van der Waals surface area contributed by atoms with Gasteiger partial charge in [-0.1, -0.05) is 42.5 Å². The van der Waals surface area contributed by atoms with Crippen LogP contribution < -0.4 is 5.32 Å². The van der Waals surface area contributed by atoms with Gasteiger partial charge in [0.15, 0.2) is 0 Å². The molecule has 0 saturated heterocycles. The van der Waals surface area contributed by atoms with Crippen molar-refractivity contribution in [1.29, 1.82) is 0 Å². The number of carbonyl (C=O) groups is 1. The predicted octanol–water partition coefficient (Wildman–Crippen LogP) is 2.49. The molecule has 1 aromatic carbocycles. The number of amides is 1. The van der Waals surface area contributed by atoms with Gasteiger partial charge < -0.3 is 9.88 Å². The monoisotopic (exact) mass is 269 g/mol. The molecule has 1 amide bonds. The van der Waals surface area contributed by atoms with Gasteiger partial charge in [-0.25, -0.2) is 4.98 Å². The van der Waals surface area contributed by atoms with Crippen molar-refractivity contribution in [2.24, 2.45) is 0 Å². The van der Waals surface area contributed by atoms with Gasteiger partial charge in [-0.05, 0) is 12.0 Å². The summed E-state index contributed by atoms with van der Waals surface area (Å²) in [6.07, 6.45) is 10.7. The minimum atomic E-state index is 0.0860. The van der Waals surface area contributed by atoms with Crippen LogP contribution in [-0.2, 0) is 11.3 Å². The van der Waals surface area contributed by atoms with Crippen molar-refractivity contribution in [3.05, 3.63) is 60.7 Å². The summed E-state index contributed by atoms with van der Waals surface area (Å²) in [5, 5.41) is 2.88. The number of imidazole rings is 1. The summed E-state index contributed by atoms with van der Waals surface area (Å²) < 4.78 is 1.97. The van der Waals surface area contributed by atoms with E-state index < -0.39 is 0 Å². The zero-order chi connectivity index (χ0) is 14.0. The third-order valence-corrected chi connectivity index (χ3v) is 2.91. The molecule has 0 unspecified atom stereocenters. The molecule has 104 valence electrons. The molecule has 4 heteroatoms. The van der Waals surface area contributed by atoms with Gasteiger partial charge in [0.2, 0.25) is 5.91 Å². The Morgan fingerprint density at radius 1 is 1.30 bits per heavy atom. The largest absolute Gasteiger partial charge is 0.353 e. The second kappa shape index (κ2) is 7.94. The van der Waals surface area contributed by atoms with Crippen LogP contribution in [0.4, 0.5) is 0 Å². The summed E-state index contributed by atoms with van der Waals surface area (Å²) >= 11 is 0. The molecule has 20 heavy (non-hydrogen) atoms. The molecule has 1 heterocycles. The summed E-state index contributed by atoms with van der Waals surface area (Å²) in [4.78, 5) is 15.6. The van der Waals surface area contributed by atoms with Crippen molar-refractivity contribution in [3.8, 4) is 0 Å². The van der Waals surface area contributed by atoms with Crippen LogP contribution in [0.2, 0.25) is 0 Å². The zero-order valence-corrected chi connectivity index (χ0v) is 11.4. The molecule has 1 N–H and O–H groups in total. The minimum absolute atomic E-state index is 0.0860. The maximum atomic E-state index is 11.6. The zero-order valence-electron chi connectivity index (χ0n) is 11.4. The van der Waals surface area contributed by atoms with E-state index >= 15 is 0 Å². The molecule has 0 atom stereocenters. The van der Waals surface area contributed by atoms with Gasteiger partial charge in [-0.3, -0.25) is 4.79 Å². The molecule has 0 aliphatic carbocycles. The summed E-state index contributed by atoms with van der Waals surface area (Å²) in [5.74, 6) is 0.0860. The third-order valence-electron chi connectivity index (χ3n) is 2.91. The molecule has 2 aromatic rings. The number of hydrogen-bond acceptors (Lipinski definition) is 2. The Hall–Kier alpha value is -2.36. The van der Waals surface area contributed by atoms with Gasteiger partial charge in [-0.2, -0.15) is 0 Å². The van der Waals surface area contributed by atoms with Crippen LogP contribution in [0.25, 0.3) is 6.08 Å². The van der Waals surface area contributed by atoms with E-state index in [-0.39, 0.29) is 5.91 Å². The molecule has 4 nitrogen and oxygen atoms in total. The average Bonchev–Trinajstić information content (AvgIpc) is 2.98. The first-order chi connectivity index (χ1) is 9.84. The van der Waals surface area contributed by atoms with Crippen molar-refractivity contribution in [1.82, 2.24) is 14.9 Å². The van der Waals surface area contributed by atoms with Crippen LogP contribution in [0.1, 0.15) is 18.4 Å². The van der Waals surface area contributed by atoms with Gasteiger partial charge in [0.25, 0.3) is 0 Å². The Kier molecular flexibility index (Phi) is 5.58. The molecule has 0 aliphatic rings. The summed E-state index contributed by atoms with van der Waals surface area (Å²) in [6, 6.07) is 10.0. The fourth-order valence-corrected chi connectivity index (χ4v) is 1.86. The van der Waals surface area contributed by atoms with Crippen LogP contribution in [0.5, 0.6) is 0 Å². The van der Waals surface area contributed by atoms with Crippen LogP contribution in [0.15, 0.2) is 55.1 Å². The Bertz CT molecular complexity index is 532. The summed E-state index contributed by atoms with van der Waals surface area (Å²) in [6.45, 7) is 1.39. The highest BCUT2D eigenvalue weighted by atomic mass is 16.1. The fourth-order valence-electron chi connectivity index (χ4n) is 1.86. The van der Waals surface area contributed by atoms with Crippen LogP contribution in [0, 0.1) is 0 Å². The maximum absolute atomic E-state index is 11.6. The number of aromatic nitrogens is 2. The topological polar surface area (TPSA) is 46.9 Å². The highest BCUT2D eigenvalue weighted by Gasteiger charge is 1.99. The molecule has 0 saturated carbocycles. The summed E-state index contributed by atoms with van der Waals surface area (Å²) in [5.41, 5.74) is 1.14. The highest BCUT2D eigenvalue weighted by Crippen LogP contribution is 2.00. The quantitative estimate of drug-likeness (QED) is 0.839. The molecular formula is C16H19N3O. The Morgan fingerprint density at radius 3 is 2.90 bits per heavy atom. The Morgan fingerprint density at radius 2 is 2.15 bits per heavy atom. The first-order valence-corrected chi connectivity index (χ1v) is 6.78. The maximum Gasteiger partial charge on any atom is 0.220 e. The minimum Gasteiger partial charge on any atom is -0.353 e. The Labute approximate surface area is 119 Å². The number of nitrogens with one attached hydrogen (secondary N) is 1. The van der Waals surface area contributed by atoms with Crippen molar-refractivity contribution < 1.29 is 4.79 Å².